The van der Waals surface area contributed by atoms with E-state index < -0.39 is 11.8 Å². The molecule has 1 aliphatic rings. The summed E-state index contributed by atoms with van der Waals surface area (Å²) in [5.74, 6) is -0.978. The van der Waals surface area contributed by atoms with E-state index in [2.05, 4.69) is 15.4 Å². The second kappa shape index (κ2) is 10.2. The Morgan fingerprint density at radius 2 is 1.88 bits per heavy atom. The Bertz CT molecular complexity index is 1180. The number of primary amides is 1. The minimum absolute atomic E-state index is 0.0675. The van der Waals surface area contributed by atoms with Gasteiger partial charge in [0.05, 0.1) is 18.2 Å². The van der Waals surface area contributed by atoms with Crippen molar-refractivity contribution in [1.82, 2.24) is 14.8 Å². The van der Waals surface area contributed by atoms with Gasteiger partial charge in [0.15, 0.2) is 0 Å². The van der Waals surface area contributed by atoms with E-state index in [-0.39, 0.29) is 18.4 Å². The second-order valence-corrected chi connectivity index (χ2v) is 9.02. The van der Waals surface area contributed by atoms with Crippen LogP contribution in [0, 0.1) is 12.8 Å². The highest BCUT2D eigenvalue weighted by molar-refractivity contribution is 5.97. The Hall–Kier alpha value is -3.52. The number of carbonyl (C=O) groups is 2. The minimum Gasteiger partial charge on any atom is -0.392 e. The largest absolute Gasteiger partial charge is 0.392 e. The molecule has 1 saturated carbocycles. The van der Waals surface area contributed by atoms with E-state index in [0.717, 1.165) is 48.1 Å². The first-order chi connectivity index (χ1) is 16.4. The predicted molar refractivity (Wildman–Crippen MR) is 130 cm³/mol. The smallest absolute Gasteiger partial charge is 0.266 e. The second-order valence-electron chi connectivity index (χ2n) is 9.02. The SMILES string of the molecule is Cc1ncc(CO)cc1-c1ccc(NC(=O)[C@H](c2cc(C(N)=O)n(C)n2)C2CCCCC2)cc1. The molecule has 2 heterocycles. The van der Waals surface area contributed by atoms with Crippen LogP contribution in [-0.4, -0.2) is 31.7 Å². The minimum atomic E-state index is -0.560. The number of rotatable bonds is 7. The highest BCUT2D eigenvalue weighted by atomic mass is 16.3. The van der Waals surface area contributed by atoms with Crippen molar-refractivity contribution in [1.29, 1.82) is 0 Å². The number of anilines is 1. The van der Waals surface area contributed by atoms with Crippen LogP contribution in [0.15, 0.2) is 42.6 Å². The molecule has 0 unspecified atom stereocenters. The lowest BCUT2D eigenvalue weighted by Crippen LogP contribution is -2.29. The van der Waals surface area contributed by atoms with Crippen LogP contribution in [0.1, 0.15) is 65.5 Å². The van der Waals surface area contributed by atoms with Gasteiger partial charge in [-0.15, -0.1) is 0 Å². The van der Waals surface area contributed by atoms with E-state index in [9.17, 15) is 14.7 Å². The van der Waals surface area contributed by atoms with E-state index in [0.29, 0.717) is 17.1 Å². The predicted octanol–water partition coefficient (Wildman–Crippen LogP) is 3.68. The van der Waals surface area contributed by atoms with Crippen LogP contribution in [-0.2, 0) is 18.4 Å². The van der Waals surface area contributed by atoms with Gasteiger partial charge in [-0.05, 0) is 61.1 Å². The quantitative estimate of drug-likeness (QED) is 0.495. The molecule has 178 valence electrons. The van der Waals surface area contributed by atoms with Gasteiger partial charge >= 0.3 is 0 Å². The summed E-state index contributed by atoms with van der Waals surface area (Å²) in [4.78, 5) is 29.6. The van der Waals surface area contributed by atoms with Crippen molar-refractivity contribution in [3.63, 3.8) is 0 Å². The molecule has 0 saturated heterocycles. The van der Waals surface area contributed by atoms with E-state index in [1.165, 1.54) is 11.1 Å². The molecule has 0 radical (unpaired) electrons. The molecule has 2 amide bonds. The number of pyridine rings is 1. The molecule has 8 heteroatoms. The number of hydrogen-bond acceptors (Lipinski definition) is 5. The van der Waals surface area contributed by atoms with E-state index in [1.807, 2.05) is 37.3 Å². The molecule has 8 nitrogen and oxygen atoms in total. The molecule has 0 aliphatic heterocycles. The van der Waals surface area contributed by atoms with Crippen LogP contribution in [0.3, 0.4) is 0 Å². The summed E-state index contributed by atoms with van der Waals surface area (Å²) in [6.07, 6.45) is 6.91. The highest BCUT2D eigenvalue weighted by Gasteiger charge is 2.34. The number of benzene rings is 1. The maximum absolute atomic E-state index is 13.5. The molecular formula is C26H31N5O3. The molecule has 4 N–H and O–H groups in total. The fourth-order valence-electron chi connectivity index (χ4n) is 4.84. The monoisotopic (exact) mass is 461 g/mol. The topological polar surface area (TPSA) is 123 Å². The van der Waals surface area contributed by atoms with Crippen LogP contribution < -0.4 is 11.1 Å². The number of aromatic nitrogens is 3. The molecule has 1 atom stereocenters. The maximum Gasteiger partial charge on any atom is 0.266 e. The van der Waals surface area contributed by atoms with Gasteiger partial charge in [-0.2, -0.15) is 5.10 Å². The van der Waals surface area contributed by atoms with Crippen molar-refractivity contribution in [2.75, 3.05) is 5.32 Å². The summed E-state index contributed by atoms with van der Waals surface area (Å²) >= 11 is 0. The van der Waals surface area contributed by atoms with Gasteiger partial charge < -0.3 is 16.2 Å². The zero-order valence-electron chi connectivity index (χ0n) is 19.6. The lowest BCUT2D eigenvalue weighted by Gasteiger charge is -2.28. The van der Waals surface area contributed by atoms with Gasteiger partial charge in [0.2, 0.25) is 5.91 Å². The molecule has 4 rings (SSSR count). The Balaban J connectivity index is 1.58. The number of hydrogen-bond donors (Lipinski definition) is 3. The molecule has 1 aliphatic carbocycles. The summed E-state index contributed by atoms with van der Waals surface area (Å²) in [6, 6.07) is 11.2. The normalized spacial score (nSPS) is 15.1. The third kappa shape index (κ3) is 5.02. The molecule has 1 fully saturated rings. The number of nitrogens with one attached hydrogen (secondary N) is 1. The summed E-state index contributed by atoms with van der Waals surface area (Å²) < 4.78 is 1.45. The van der Waals surface area contributed by atoms with Crippen molar-refractivity contribution in [3.05, 3.63) is 65.2 Å². The lowest BCUT2D eigenvalue weighted by molar-refractivity contribution is -0.119. The van der Waals surface area contributed by atoms with Crippen molar-refractivity contribution < 1.29 is 14.7 Å². The molecule has 0 bridgehead atoms. The van der Waals surface area contributed by atoms with Gasteiger partial charge in [0.25, 0.3) is 5.91 Å². The van der Waals surface area contributed by atoms with Crippen LogP contribution >= 0.6 is 0 Å². The molecule has 34 heavy (non-hydrogen) atoms. The number of aryl methyl sites for hydroxylation is 2. The van der Waals surface area contributed by atoms with Crippen molar-refractivity contribution in [2.45, 2.75) is 51.6 Å². The number of aliphatic hydroxyl groups is 1. The Morgan fingerprint density at radius 3 is 2.50 bits per heavy atom. The standard InChI is InChI=1S/C26H31N5O3/c1-16-21(12-17(15-32)14-28-16)18-8-10-20(11-9-18)29-26(34)24(19-6-4-3-5-7-19)22-13-23(25(27)33)31(2)30-22/h8-14,19,24,32H,3-7,15H2,1-2H3,(H2,27,33)(H,29,34)/t24-/m0/s1. The molecule has 1 aromatic carbocycles. The highest BCUT2D eigenvalue weighted by Crippen LogP contribution is 2.37. The summed E-state index contributed by atoms with van der Waals surface area (Å²) in [5.41, 5.74) is 10.6. The van der Waals surface area contributed by atoms with Gasteiger partial charge in [-0.1, -0.05) is 31.4 Å². The number of aliphatic hydroxyl groups excluding tert-OH is 1. The number of nitrogens with zero attached hydrogens (tertiary/aromatic N) is 3. The molecular weight excluding hydrogens is 430 g/mol. The zero-order chi connectivity index (χ0) is 24.2. The Labute approximate surface area is 199 Å². The van der Waals surface area contributed by atoms with Crippen molar-refractivity contribution in [2.24, 2.45) is 18.7 Å². The zero-order valence-corrected chi connectivity index (χ0v) is 19.6. The van der Waals surface area contributed by atoms with Crippen LogP contribution in [0.2, 0.25) is 0 Å². The summed E-state index contributed by atoms with van der Waals surface area (Å²) in [7, 11) is 1.67. The van der Waals surface area contributed by atoms with Crippen molar-refractivity contribution >= 4 is 17.5 Å². The molecule has 3 aromatic rings. The fraction of sp³-hybridized carbons (Fsp3) is 0.385. The Kier molecular flexibility index (Phi) is 7.07. The van der Waals surface area contributed by atoms with Gasteiger partial charge in [-0.3, -0.25) is 19.3 Å². The van der Waals surface area contributed by atoms with Gasteiger partial charge in [0, 0.05) is 30.2 Å². The van der Waals surface area contributed by atoms with E-state index in [1.54, 1.807) is 19.3 Å². The van der Waals surface area contributed by atoms with E-state index in [4.69, 9.17) is 5.73 Å². The lowest BCUT2D eigenvalue weighted by atomic mass is 9.78. The average Bonchev–Trinajstić information content (AvgIpc) is 3.22. The third-order valence-electron chi connectivity index (χ3n) is 6.66. The van der Waals surface area contributed by atoms with Gasteiger partial charge in [-0.25, -0.2) is 0 Å². The van der Waals surface area contributed by atoms with Crippen LogP contribution in [0.25, 0.3) is 11.1 Å². The van der Waals surface area contributed by atoms with Crippen LogP contribution in [0.5, 0.6) is 0 Å². The first-order valence-corrected chi connectivity index (χ1v) is 11.7. The van der Waals surface area contributed by atoms with Crippen LogP contribution in [0.4, 0.5) is 5.69 Å². The summed E-state index contributed by atoms with van der Waals surface area (Å²) in [6.45, 7) is 1.86. The van der Waals surface area contributed by atoms with Gasteiger partial charge in [0.1, 0.15) is 5.69 Å². The average molecular weight is 462 g/mol. The van der Waals surface area contributed by atoms with Crippen molar-refractivity contribution in [3.8, 4) is 11.1 Å². The third-order valence-corrected chi connectivity index (χ3v) is 6.66. The number of carbonyl (C=O) groups excluding carboxylic acids is 2. The summed E-state index contributed by atoms with van der Waals surface area (Å²) in [5, 5.41) is 17.0. The number of amides is 2. The number of nitrogens with two attached hydrogens (primary N) is 1. The fourth-order valence-corrected chi connectivity index (χ4v) is 4.84. The maximum atomic E-state index is 13.5. The first kappa shape index (κ1) is 23.6. The molecule has 2 aromatic heterocycles. The Morgan fingerprint density at radius 1 is 1.18 bits per heavy atom. The molecule has 0 spiro atoms. The first-order valence-electron chi connectivity index (χ1n) is 11.7. The van der Waals surface area contributed by atoms with E-state index >= 15 is 0 Å².